The van der Waals surface area contributed by atoms with Gasteiger partial charge < -0.3 is 15.6 Å². The van der Waals surface area contributed by atoms with Crippen LogP contribution in [0.5, 0.6) is 0 Å². The van der Waals surface area contributed by atoms with Gasteiger partial charge in [-0.05, 0) is 26.3 Å². The maximum absolute atomic E-state index is 7.65. The Morgan fingerprint density at radius 3 is 2.57 bits per heavy atom. The van der Waals surface area contributed by atoms with Crippen molar-refractivity contribution < 1.29 is 4.84 Å². The quantitative estimate of drug-likeness (QED) is 0.401. The Labute approximate surface area is 84.8 Å². The minimum atomic E-state index is 0.406. The molecule has 0 aliphatic carbocycles. The van der Waals surface area contributed by atoms with E-state index >= 15 is 0 Å². The van der Waals surface area contributed by atoms with Crippen LogP contribution in [-0.2, 0) is 4.84 Å². The van der Waals surface area contributed by atoms with Crippen LogP contribution in [-0.4, -0.2) is 19.0 Å². The zero-order valence-electron chi connectivity index (χ0n) is 9.09. The normalized spacial score (nSPS) is 13.1. The maximum Gasteiger partial charge on any atom is 0.134 e. The van der Waals surface area contributed by atoms with E-state index in [0.29, 0.717) is 11.5 Å². The molecule has 0 spiro atoms. The van der Waals surface area contributed by atoms with Crippen LogP contribution >= 0.6 is 0 Å². The number of nitrogens with one attached hydrogen (secondary N) is 2. The Morgan fingerprint density at radius 1 is 1.43 bits per heavy atom. The van der Waals surface area contributed by atoms with Crippen molar-refractivity contribution in [3.8, 4) is 0 Å². The van der Waals surface area contributed by atoms with Crippen molar-refractivity contribution in [1.82, 2.24) is 5.32 Å². The molecule has 0 aliphatic rings. The third kappa shape index (κ3) is 5.13. The Balaban J connectivity index is 4.35. The van der Waals surface area contributed by atoms with Crippen LogP contribution in [0.4, 0.5) is 0 Å². The lowest BCUT2D eigenvalue weighted by atomic mass is 10.2. The molecule has 0 bridgehead atoms. The second-order valence-electron chi connectivity index (χ2n) is 2.74. The number of hydrogen-bond acceptors (Lipinski definition) is 4. The van der Waals surface area contributed by atoms with Crippen molar-refractivity contribution in [2.75, 3.05) is 7.05 Å². The molecule has 0 amide bonds. The molecule has 0 atom stereocenters. The van der Waals surface area contributed by atoms with Gasteiger partial charge in [-0.1, -0.05) is 5.16 Å². The first kappa shape index (κ1) is 12.4. The van der Waals surface area contributed by atoms with Crippen LogP contribution in [0.3, 0.4) is 0 Å². The van der Waals surface area contributed by atoms with Gasteiger partial charge in [0.15, 0.2) is 0 Å². The lowest BCUT2D eigenvalue weighted by Gasteiger charge is -2.00. The maximum atomic E-state index is 7.65. The molecule has 2 N–H and O–H groups in total. The smallest absolute Gasteiger partial charge is 0.134 e. The molecule has 0 unspecified atom stereocenters. The van der Waals surface area contributed by atoms with Gasteiger partial charge in [0.2, 0.25) is 0 Å². The van der Waals surface area contributed by atoms with Gasteiger partial charge in [0.25, 0.3) is 0 Å². The second kappa shape index (κ2) is 6.88. The van der Waals surface area contributed by atoms with Gasteiger partial charge in [-0.15, -0.1) is 0 Å². The highest BCUT2D eigenvalue weighted by Gasteiger charge is 1.97. The average molecular weight is 195 g/mol. The van der Waals surface area contributed by atoms with E-state index in [9.17, 15) is 0 Å². The number of rotatable bonds is 5. The summed E-state index contributed by atoms with van der Waals surface area (Å²) in [5.41, 5.74) is 1.25. The van der Waals surface area contributed by atoms with E-state index in [2.05, 4.69) is 10.5 Å². The molecular weight excluding hydrogens is 178 g/mol. The molecule has 0 radical (unpaired) electrons. The number of hydrogen-bond donors (Lipinski definition) is 2. The van der Waals surface area contributed by atoms with Gasteiger partial charge in [-0.3, -0.25) is 0 Å². The van der Waals surface area contributed by atoms with Gasteiger partial charge in [-0.2, -0.15) is 0 Å². The summed E-state index contributed by atoms with van der Waals surface area (Å²) in [7, 11) is 1.80. The van der Waals surface area contributed by atoms with Gasteiger partial charge >= 0.3 is 0 Å². The molecule has 78 valence electrons. The van der Waals surface area contributed by atoms with E-state index in [0.717, 1.165) is 5.57 Å². The van der Waals surface area contributed by atoms with Crippen molar-refractivity contribution in [3.63, 3.8) is 0 Å². The fourth-order valence-electron chi connectivity index (χ4n) is 0.774. The summed E-state index contributed by atoms with van der Waals surface area (Å²) in [6, 6.07) is 0. The molecule has 0 aromatic heterocycles. The third-order valence-corrected chi connectivity index (χ3v) is 1.44. The second-order valence-corrected chi connectivity index (χ2v) is 2.74. The minimum absolute atomic E-state index is 0.406. The van der Waals surface area contributed by atoms with Crippen LogP contribution in [0, 0.1) is 5.41 Å². The van der Waals surface area contributed by atoms with Crippen LogP contribution in [0.1, 0.15) is 20.8 Å². The molecule has 0 saturated carbocycles. The molecule has 4 nitrogen and oxygen atoms in total. The summed E-state index contributed by atoms with van der Waals surface area (Å²) < 4.78 is 0. The predicted molar refractivity (Wildman–Crippen MR) is 59.6 cm³/mol. The first-order valence-corrected chi connectivity index (χ1v) is 4.38. The Hall–Kier alpha value is -1.58. The van der Waals surface area contributed by atoms with E-state index < -0.39 is 0 Å². The Kier molecular flexibility index (Phi) is 6.11. The summed E-state index contributed by atoms with van der Waals surface area (Å²) in [6.07, 6.45) is 4.93. The first-order valence-electron chi connectivity index (χ1n) is 4.38. The minimum Gasteiger partial charge on any atom is -0.394 e. The highest BCUT2D eigenvalue weighted by atomic mass is 16.6. The molecule has 0 heterocycles. The highest BCUT2D eigenvalue weighted by Crippen LogP contribution is 2.01. The lowest BCUT2D eigenvalue weighted by Crippen LogP contribution is -2.01. The fourth-order valence-corrected chi connectivity index (χ4v) is 0.774. The van der Waals surface area contributed by atoms with Crippen molar-refractivity contribution in [2.24, 2.45) is 5.16 Å². The molecule has 0 aliphatic heterocycles. The van der Waals surface area contributed by atoms with Gasteiger partial charge in [0, 0.05) is 25.5 Å². The van der Waals surface area contributed by atoms with Crippen molar-refractivity contribution in [1.29, 1.82) is 5.41 Å². The third-order valence-electron chi connectivity index (χ3n) is 1.44. The van der Waals surface area contributed by atoms with E-state index in [1.54, 1.807) is 39.4 Å². The summed E-state index contributed by atoms with van der Waals surface area (Å²) in [6.45, 7) is 5.38. The molecule has 0 fully saturated rings. The molecule has 0 rings (SSSR count). The number of nitrogens with zero attached hydrogens (tertiary/aromatic N) is 1. The average Bonchev–Trinajstić information content (AvgIpc) is 2.15. The molecule has 14 heavy (non-hydrogen) atoms. The van der Waals surface area contributed by atoms with Crippen LogP contribution in [0.25, 0.3) is 0 Å². The van der Waals surface area contributed by atoms with E-state index in [1.165, 1.54) is 0 Å². The van der Waals surface area contributed by atoms with Crippen molar-refractivity contribution >= 4 is 11.9 Å². The zero-order chi connectivity index (χ0) is 11.0. The molecule has 0 saturated heterocycles. The highest BCUT2D eigenvalue weighted by molar-refractivity contribution is 6.05. The first-order chi connectivity index (χ1) is 6.61. The van der Waals surface area contributed by atoms with Crippen molar-refractivity contribution in [2.45, 2.75) is 20.8 Å². The Morgan fingerprint density at radius 2 is 2.07 bits per heavy atom. The topological polar surface area (TPSA) is 57.5 Å². The van der Waals surface area contributed by atoms with Crippen LogP contribution in [0.2, 0.25) is 0 Å². The monoisotopic (exact) mass is 195 g/mol. The number of allylic oxidation sites excluding steroid dienone is 3. The zero-order valence-corrected chi connectivity index (χ0v) is 9.09. The van der Waals surface area contributed by atoms with Gasteiger partial charge in [0.05, 0.1) is 5.71 Å². The fraction of sp³-hybridized carbons (Fsp3) is 0.400. The van der Waals surface area contributed by atoms with Crippen LogP contribution in [0.15, 0.2) is 28.8 Å². The lowest BCUT2D eigenvalue weighted by molar-refractivity contribution is 0.232. The van der Waals surface area contributed by atoms with E-state index in [1.807, 2.05) is 6.92 Å². The number of oxime groups is 1. The van der Waals surface area contributed by atoms with Crippen molar-refractivity contribution in [3.05, 3.63) is 23.6 Å². The Bertz CT molecular complexity index is 277. The SMILES string of the molecule is C/C=N/O/C(C)=C/C(=N)/C(C)=C/NC. The summed E-state index contributed by atoms with van der Waals surface area (Å²) in [5.74, 6) is 0.594. The summed E-state index contributed by atoms with van der Waals surface area (Å²) >= 11 is 0. The largest absolute Gasteiger partial charge is 0.394 e. The predicted octanol–water partition coefficient (Wildman–Crippen LogP) is 2.06. The van der Waals surface area contributed by atoms with E-state index in [4.69, 9.17) is 10.2 Å². The van der Waals surface area contributed by atoms with E-state index in [-0.39, 0.29) is 0 Å². The summed E-state index contributed by atoms with van der Waals surface area (Å²) in [4.78, 5) is 4.93. The van der Waals surface area contributed by atoms with Gasteiger partial charge in [-0.25, -0.2) is 0 Å². The molecule has 0 aromatic carbocycles. The standard InChI is InChI=1S/C10H17N3O/c1-5-13-14-9(3)6-10(11)8(2)7-12-4/h5-7,11-12H,1-4H3/b8-7+,9-6+,11-10?,13-5+. The summed E-state index contributed by atoms with van der Waals surface area (Å²) in [5, 5.41) is 14.1. The van der Waals surface area contributed by atoms with Gasteiger partial charge in [0.1, 0.15) is 5.76 Å². The molecular formula is C10H17N3O. The molecule has 4 heteroatoms. The molecule has 0 aromatic rings. The van der Waals surface area contributed by atoms with Crippen LogP contribution < -0.4 is 5.32 Å².